The zero-order valence-corrected chi connectivity index (χ0v) is 12.3. The van der Waals surface area contributed by atoms with Gasteiger partial charge in [-0.05, 0) is 43.2 Å². The first-order valence-corrected chi connectivity index (χ1v) is 7.07. The highest BCUT2D eigenvalue weighted by molar-refractivity contribution is 5.95. The number of phenols is 1. The SMILES string of the molecule is CC1(C)CCC(NC(=O)c2ccc([N+](=O)[O-])c(O)c2)CC1. The molecule has 0 spiro atoms. The van der Waals surface area contributed by atoms with Crippen molar-refractivity contribution in [2.45, 2.75) is 45.6 Å². The predicted molar refractivity (Wildman–Crippen MR) is 78.3 cm³/mol. The van der Waals surface area contributed by atoms with E-state index in [9.17, 15) is 20.0 Å². The van der Waals surface area contributed by atoms with Crippen molar-refractivity contribution in [3.8, 4) is 5.75 Å². The van der Waals surface area contributed by atoms with Crippen molar-refractivity contribution >= 4 is 11.6 Å². The fraction of sp³-hybridized carbons (Fsp3) is 0.533. The van der Waals surface area contributed by atoms with Crippen LogP contribution in [0.2, 0.25) is 0 Å². The average molecular weight is 292 g/mol. The fourth-order valence-corrected chi connectivity index (χ4v) is 2.63. The van der Waals surface area contributed by atoms with E-state index in [1.165, 1.54) is 6.07 Å². The molecule has 0 atom stereocenters. The number of rotatable bonds is 3. The molecule has 114 valence electrons. The number of amides is 1. The molecule has 1 aromatic rings. The summed E-state index contributed by atoms with van der Waals surface area (Å²) in [6.07, 6.45) is 3.97. The number of nitrogens with one attached hydrogen (secondary N) is 1. The van der Waals surface area contributed by atoms with Gasteiger partial charge in [0.25, 0.3) is 5.91 Å². The molecule has 0 aromatic heterocycles. The van der Waals surface area contributed by atoms with Crippen LogP contribution in [0.4, 0.5) is 5.69 Å². The first kappa shape index (κ1) is 15.3. The summed E-state index contributed by atoms with van der Waals surface area (Å²) in [6.45, 7) is 4.44. The Morgan fingerprint density at radius 2 is 2.00 bits per heavy atom. The number of hydrogen-bond donors (Lipinski definition) is 2. The summed E-state index contributed by atoms with van der Waals surface area (Å²) >= 11 is 0. The minimum atomic E-state index is -0.680. The van der Waals surface area contributed by atoms with Crippen LogP contribution in [0.5, 0.6) is 5.75 Å². The third-order valence-corrected chi connectivity index (χ3v) is 4.11. The molecule has 0 heterocycles. The minimum Gasteiger partial charge on any atom is -0.502 e. The number of carbonyl (C=O) groups excluding carboxylic acids is 1. The van der Waals surface area contributed by atoms with Crippen LogP contribution in [0.3, 0.4) is 0 Å². The molecule has 1 aliphatic carbocycles. The molecule has 1 amide bonds. The molecule has 1 aromatic carbocycles. The molecular formula is C15H20N2O4. The Balaban J connectivity index is 2.01. The first-order chi connectivity index (χ1) is 9.78. The Morgan fingerprint density at radius 1 is 1.38 bits per heavy atom. The molecule has 2 N–H and O–H groups in total. The molecule has 6 heteroatoms. The van der Waals surface area contributed by atoms with Crippen LogP contribution in [0, 0.1) is 15.5 Å². The second kappa shape index (κ2) is 5.71. The molecular weight excluding hydrogens is 272 g/mol. The number of benzene rings is 1. The van der Waals surface area contributed by atoms with Crippen molar-refractivity contribution in [1.29, 1.82) is 0 Å². The number of nitrogens with zero attached hydrogens (tertiary/aromatic N) is 1. The number of hydrogen-bond acceptors (Lipinski definition) is 4. The summed E-state index contributed by atoms with van der Waals surface area (Å²) in [5, 5.41) is 23.1. The summed E-state index contributed by atoms with van der Waals surface area (Å²) in [6, 6.07) is 3.77. The Bertz CT molecular complexity index is 559. The lowest BCUT2D eigenvalue weighted by Crippen LogP contribution is -2.39. The summed E-state index contributed by atoms with van der Waals surface area (Å²) in [5.41, 5.74) is 0.168. The monoisotopic (exact) mass is 292 g/mol. The van der Waals surface area contributed by atoms with Gasteiger partial charge in [-0.2, -0.15) is 0 Å². The van der Waals surface area contributed by atoms with Crippen molar-refractivity contribution < 1.29 is 14.8 Å². The smallest absolute Gasteiger partial charge is 0.310 e. The molecule has 1 fully saturated rings. The third-order valence-electron chi connectivity index (χ3n) is 4.11. The van der Waals surface area contributed by atoms with E-state index in [4.69, 9.17) is 0 Å². The van der Waals surface area contributed by atoms with E-state index in [-0.39, 0.29) is 17.5 Å². The summed E-state index contributed by atoms with van der Waals surface area (Å²) < 4.78 is 0. The molecule has 1 saturated carbocycles. The Labute approximate surface area is 123 Å². The largest absolute Gasteiger partial charge is 0.502 e. The summed E-state index contributed by atoms with van der Waals surface area (Å²) in [7, 11) is 0. The predicted octanol–water partition coefficient (Wildman–Crippen LogP) is 3.00. The molecule has 0 saturated heterocycles. The van der Waals surface area contributed by atoms with Gasteiger partial charge < -0.3 is 10.4 Å². The molecule has 6 nitrogen and oxygen atoms in total. The fourth-order valence-electron chi connectivity index (χ4n) is 2.63. The van der Waals surface area contributed by atoms with E-state index in [2.05, 4.69) is 19.2 Å². The van der Waals surface area contributed by atoms with E-state index in [1.807, 2.05) is 0 Å². The van der Waals surface area contributed by atoms with Crippen molar-refractivity contribution in [2.24, 2.45) is 5.41 Å². The van der Waals surface area contributed by atoms with Gasteiger partial charge in [-0.3, -0.25) is 14.9 Å². The van der Waals surface area contributed by atoms with Gasteiger partial charge in [0.1, 0.15) is 0 Å². The van der Waals surface area contributed by atoms with Crippen LogP contribution < -0.4 is 5.32 Å². The lowest BCUT2D eigenvalue weighted by atomic mass is 9.75. The van der Waals surface area contributed by atoms with E-state index < -0.39 is 16.4 Å². The Kier molecular flexibility index (Phi) is 4.16. The molecule has 0 radical (unpaired) electrons. The number of nitro benzene ring substituents is 1. The zero-order valence-electron chi connectivity index (χ0n) is 12.3. The Morgan fingerprint density at radius 3 is 2.52 bits per heavy atom. The molecule has 1 aliphatic rings. The molecule has 21 heavy (non-hydrogen) atoms. The maximum absolute atomic E-state index is 12.1. The van der Waals surface area contributed by atoms with Gasteiger partial charge >= 0.3 is 5.69 Å². The maximum atomic E-state index is 12.1. The quantitative estimate of drug-likeness (QED) is 0.661. The van der Waals surface area contributed by atoms with E-state index in [1.54, 1.807) is 0 Å². The zero-order chi connectivity index (χ0) is 15.6. The first-order valence-electron chi connectivity index (χ1n) is 7.07. The lowest BCUT2D eigenvalue weighted by molar-refractivity contribution is -0.385. The number of phenolic OH excluding ortho intramolecular Hbond substituents is 1. The second-order valence-corrected chi connectivity index (χ2v) is 6.37. The maximum Gasteiger partial charge on any atom is 0.310 e. The van der Waals surface area contributed by atoms with Crippen LogP contribution in [0.15, 0.2) is 18.2 Å². The second-order valence-electron chi connectivity index (χ2n) is 6.37. The normalized spacial score (nSPS) is 18.2. The van der Waals surface area contributed by atoms with Crippen LogP contribution in [-0.2, 0) is 0 Å². The highest BCUT2D eigenvalue weighted by atomic mass is 16.6. The highest BCUT2D eigenvalue weighted by Gasteiger charge is 2.28. The van der Waals surface area contributed by atoms with Gasteiger partial charge in [-0.25, -0.2) is 0 Å². The van der Waals surface area contributed by atoms with Crippen molar-refractivity contribution in [3.63, 3.8) is 0 Å². The lowest BCUT2D eigenvalue weighted by Gasteiger charge is -2.34. The van der Waals surface area contributed by atoms with Crippen molar-refractivity contribution in [1.82, 2.24) is 5.32 Å². The van der Waals surface area contributed by atoms with E-state index in [0.717, 1.165) is 37.8 Å². The molecule has 0 aliphatic heterocycles. The van der Waals surface area contributed by atoms with Gasteiger partial charge in [0.05, 0.1) is 4.92 Å². The van der Waals surface area contributed by atoms with Gasteiger partial charge in [0.2, 0.25) is 0 Å². The molecule has 0 unspecified atom stereocenters. The third kappa shape index (κ3) is 3.71. The molecule has 2 rings (SSSR count). The van der Waals surface area contributed by atoms with Gasteiger partial charge in [0.15, 0.2) is 5.75 Å². The summed E-state index contributed by atoms with van der Waals surface area (Å²) in [5.74, 6) is -0.790. The van der Waals surface area contributed by atoms with Crippen LogP contribution in [0.1, 0.15) is 49.9 Å². The number of carbonyl (C=O) groups is 1. The van der Waals surface area contributed by atoms with Crippen LogP contribution in [-0.4, -0.2) is 22.0 Å². The van der Waals surface area contributed by atoms with Crippen molar-refractivity contribution in [3.05, 3.63) is 33.9 Å². The number of nitro groups is 1. The van der Waals surface area contributed by atoms with Crippen LogP contribution in [0.25, 0.3) is 0 Å². The number of aromatic hydroxyl groups is 1. The topological polar surface area (TPSA) is 92.5 Å². The van der Waals surface area contributed by atoms with Crippen LogP contribution >= 0.6 is 0 Å². The minimum absolute atomic E-state index is 0.128. The van der Waals surface area contributed by atoms with Crippen molar-refractivity contribution in [2.75, 3.05) is 0 Å². The Hall–Kier alpha value is -2.11. The molecule has 0 bridgehead atoms. The highest BCUT2D eigenvalue weighted by Crippen LogP contribution is 2.35. The van der Waals surface area contributed by atoms with E-state index in [0.29, 0.717) is 5.41 Å². The van der Waals surface area contributed by atoms with Gasteiger partial charge in [-0.15, -0.1) is 0 Å². The van der Waals surface area contributed by atoms with E-state index >= 15 is 0 Å². The van der Waals surface area contributed by atoms with Gasteiger partial charge in [-0.1, -0.05) is 13.8 Å². The average Bonchev–Trinajstić information content (AvgIpc) is 2.40. The summed E-state index contributed by atoms with van der Waals surface area (Å²) in [4.78, 5) is 22.1. The standard InChI is InChI=1S/C15H20N2O4/c1-15(2)7-5-11(6-8-15)16-14(19)10-3-4-12(17(20)21)13(18)9-10/h3-4,9,11,18H,5-8H2,1-2H3,(H,16,19). The van der Waals surface area contributed by atoms with Gasteiger partial charge in [0, 0.05) is 17.7 Å².